The lowest BCUT2D eigenvalue weighted by molar-refractivity contribution is 0.0620. The molecule has 0 saturated carbocycles. The van der Waals surface area contributed by atoms with Crippen molar-refractivity contribution in [2.24, 2.45) is 5.92 Å². The summed E-state index contributed by atoms with van der Waals surface area (Å²) in [6, 6.07) is 13.5. The van der Waals surface area contributed by atoms with Crippen molar-refractivity contribution in [1.82, 2.24) is 15.2 Å². The molecule has 5 rings (SSSR count). The standard InChI is InChI=1S/C20H20N4OS/c21-11-14-1-6-19(22-12-14)26-17-4-2-16(3-5-17)20(25)23-18-13-24-9-7-15(18)8-10-24/h1-6,12,15,18H,7-10,13H2,(H,23,25). The van der Waals surface area contributed by atoms with Crippen LogP contribution in [0.25, 0.3) is 0 Å². The van der Waals surface area contributed by atoms with Crippen molar-refractivity contribution in [3.63, 3.8) is 0 Å². The molecule has 3 fully saturated rings. The molecule has 1 aromatic heterocycles. The number of nitrogens with zero attached hydrogens (tertiary/aromatic N) is 3. The highest BCUT2D eigenvalue weighted by Gasteiger charge is 2.34. The largest absolute Gasteiger partial charge is 0.348 e. The maximum atomic E-state index is 12.5. The van der Waals surface area contributed by atoms with Gasteiger partial charge in [-0.2, -0.15) is 5.26 Å². The summed E-state index contributed by atoms with van der Waals surface area (Å²) >= 11 is 1.51. The Kier molecular flexibility index (Phi) is 4.91. The lowest BCUT2D eigenvalue weighted by Crippen LogP contribution is -2.57. The van der Waals surface area contributed by atoms with Crippen LogP contribution >= 0.6 is 11.8 Å². The minimum absolute atomic E-state index is 0.0109. The van der Waals surface area contributed by atoms with Crippen LogP contribution in [0, 0.1) is 17.2 Å². The summed E-state index contributed by atoms with van der Waals surface area (Å²) in [4.78, 5) is 20.3. The number of rotatable bonds is 4. The molecule has 0 aliphatic carbocycles. The average Bonchev–Trinajstić information content (AvgIpc) is 2.70. The number of aromatic nitrogens is 1. The summed E-state index contributed by atoms with van der Waals surface area (Å²) in [5.74, 6) is 0.637. The van der Waals surface area contributed by atoms with E-state index in [9.17, 15) is 4.79 Å². The lowest BCUT2D eigenvalue weighted by Gasteiger charge is -2.44. The molecule has 0 spiro atoms. The van der Waals surface area contributed by atoms with Crippen LogP contribution in [0.1, 0.15) is 28.8 Å². The van der Waals surface area contributed by atoms with E-state index < -0.39 is 0 Å². The summed E-state index contributed by atoms with van der Waals surface area (Å²) in [7, 11) is 0. The molecule has 2 aromatic rings. The van der Waals surface area contributed by atoms with Gasteiger partial charge in [-0.1, -0.05) is 11.8 Å². The number of nitrogens with one attached hydrogen (secondary N) is 1. The maximum absolute atomic E-state index is 12.5. The zero-order valence-corrected chi connectivity index (χ0v) is 15.2. The second-order valence-corrected chi connectivity index (χ2v) is 7.94. The van der Waals surface area contributed by atoms with Crippen LogP contribution in [0.5, 0.6) is 0 Å². The molecule has 6 heteroatoms. The number of fused-ring (bicyclic) bond motifs is 3. The quantitative estimate of drug-likeness (QED) is 0.903. The van der Waals surface area contributed by atoms with E-state index in [4.69, 9.17) is 5.26 Å². The van der Waals surface area contributed by atoms with Gasteiger partial charge in [0.2, 0.25) is 0 Å². The van der Waals surface area contributed by atoms with Crippen LogP contribution in [-0.2, 0) is 0 Å². The normalized spacial score (nSPS) is 24.0. The Morgan fingerprint density at radius 2 is 1.96 bits per heavy atom. The van der Waals surface area contributed by atoms with Crippen molar-refractivity contribution < 1.29 is 4.79 Å². The van der Waals surface area contributed by atoms with E-state index in [1.54, 1.807) is 12.3 Å². The number of carbonyl (C=O) groups excluding carboxylic acids is 1. The van der Waals surface area contributed by atoms with Crippen LogP contribution in [-0.4, -0.2) is 41.5 Å². The van der Waals surface area contributed by atoms with Crippen molar-refractivity contribution in [2.75, 3.05) is 19.6 Å². The number of amides is 1. The number of carbonyl (C=O) groups is 1. The van der Waals surface area contributed by atoms with E-state index in [2.05, 4.69) is 21.3 Å². The first-order valence-corrected chi connectivity index (χ1v) is 9.70. The first-order valence-electron chi connectivity index (χ1n) is 8.88. The molecule has 1 atom stereocenters. The predicted octanol–water partition coefficient (Wildman–Crippen LogP) is 2.93. The van der Waals surface area contributed by atoms with Crippen molar-refractivity contribution in [3.8, 4) is 6.07 Å². The molecule has 1 aromatic carbocycles. The van der Waals surface area contributed by atoms with E-state index in [0.717, 1.165) is 16.5 Å². The maximum Gasteiger partial charge on any atom is 0.251 e. The van der Waals surface area contributed by atoms with Crippen molar-refractivity contribution in [1.29, 1.82) is 5.26 Å². The fourth-order valence-corrected chi connectivity index (χ4v) is 4.44. The monoisotopic (exact) mass is 364 g/mol. The lowest BCUT2D eigenvalue weighted by atomic mass is 9.84. The number of hydrogen-bond donors (Lipinski definition) is 1. The summed E-state index contributed by atoms with van der Waals surface area (Å²) in [5.41, 5.74) is 1.24. The highest BCUT2D eigenvalue weighted by molar-refractivity contribution is 7.99. The second-order valence-electron chi connectivity index (χ2n) is 6.84. The van der Waals surface area contributed by atoms with Crippen LogP contribution < -0.4 is 5.32 Å². The Morgan fingerprint density at radius 3 is 2.54 bits per heavy atom. The van der Waals surface area contributed by atoms with E-state index in [0.29, 0.717) is 17.0 Å². The highest BCUT2D eigenvalue weighted by Crippen LogP contribution is 2.28. The second kappa shape index (κ2) is 7.48. The summed E-state index contributed by atoms with van der Waals surface area (Å²) in [5, 5.41) is 12.9. The van der Waals surface area contributed by atoms with Gasteiger partial charge in [-0.3, -0.25) is 4.79 Å². The van der Waals surface area contributed by atoms with Crippen LogP contribution in [0.3, 0.4) is 0 Å². The van der Waals surface area contributed by atoms with Crippen LogP contribution in [0.4, 0.5) is 0 Å². The van der Waals surface area contributed by atoms with E-state index >= 15 is 0 Å². The van der Waals surface area contributed by atoms with Gasteiger partial charge in [-0.15, -0.1) is 0 Å². The molecule has 1 N–H and O–H groups in total. The van der Waals surface area contributed by atoms with Gasteiger partial charge in [0.15, 0.2) is 0 Å². The van der Waals surface area contributed by atoms with Crippen molar-refractivity contribution in [3.05, 3.63) is 53.7 Å². The van der Waals surface area contributed by atoms with Crippen LogP contribution in [0.15, 0.2) is 52.5 Å². The van der Waals surface area contributed by atoms with Gasteiger partial charge in [0, 0.05) is 29.2 Å². The third-order valence-electron chi connectivity index (χ3n) is 5.18. The van der Waals surface area contributed by atoms with E-state index in [-0.39, 0.29) is 11.9 Å². The van der Waals surface area contributed by atoms with Gasteiger partial charge < -0.3 is 10.2 Å². The molecular formula is C20H20N4OS. The summed E-state index contributed by atoms with van der Waals surface area (Å²) in [6.07, 6.45) is 3.95. The molecule has 0 radical (unpaired) electrons. The Morgan fingerprint density at radius 1 is 1.19 bits per heavy atom. The van der Waals surface area contributed by atoms with Crippen LogP contribution in [0.2, 0.25) is 0 Å². The predicted molar refractivity (Wildman–Crippen MR) is 99.9 cm³/mol. The fraction of sp³-hybridized carbons (Fsp3) is 0.350. The van der Waals surface area contributed by atoms with Gasteiger partial charge in [0.25, 0.3) is 5.91 Å². The average molecular weight is 364 g/mol. The minimum atomic E-state index is 0.0109. The SMILES string of the molecule is N#Cc1ccc(Sc2ccc(C(=O)NC3CN4CCC3CC4)cc2)nc1. The smallest absolute Gasteiger partial charge is 0.251 e. The molecule has 3 aliphatic rings. The zero-order valence-electron chi connectivity index (χ0n) is 14.4. The first-order chi connectivity index (χ1) is 12.7. The molecule has 1 amide bonds. The van der Waals surface area contributed by atoms with Crippen molar-refractivity contribution in [2.45, 2.75) is 28.8 Å². The number of hydrogen-bond acceptors (Lipinski definition) is 5. The summed E-state index contributed by atoms with van der Waals surface area (Å²) in [6.45, 7) is 3.33. The van der Waals surface area contributed by atoms with E-state index in [1.165, 1.54) is 37.7 Å². The zero-order chi connectivity index (χ0) is 17.9. The number of piperidine rings is 3. The Bertz CT molecular complexity index is 820. The first kappa shape index (κ1) is 17.1. The molecular weight excluding hydrogens is 344 g/mol. The molecule has 132 valence electrons. The van der Waals surface area contributed by atoms with Gasteiger partial charge >= 0.3 is 0 Å². The third-order valence-corrected chi connectivity index (χ3v) is 6.14. The molecule has 3 aliphatic heterocycles. The highest BCUT2D eigenvalue weighted by atomic mass is 32.2. The summed E-state index contributed by atoms with van der Waals surface area (Å²) < 4.78 is 0. The molecule has 1 unspecified atom stereocenters. The van der Waals surface area contributed by atoms with Crippen molar-refractivity contribution >= 4 is 17.7 Å². The Labute approximate surface area is 157 Å². The van der Waals surface area contributed by atoms with Gasteiger partial charge in [0.1, 0.15) is 11.1 Å². The third kappa shape index (κ3) is 3.74. The number of pyridine rings is 1. The number of nitriles is 1. The van der Waals surface area contributed by atoms with Gasteiger partial charge in [-0.25, -0.2) is 4.98 Å². The Hall–Kier alpha value is -2.36. The number of benzene rings is 1. The van der Waals surface area contributed by atoms with E-state index in [1.807, 2.05) is 30.3 Å². The molecule has 4 heterocycles. The molecule has 5 nitrogen and oxygen atoms in total. The molecule has 3 saturated heterocycles. The molecule has 2 bridgehead atoms. The molecule has 26 heavy (non-hydrogen) atoms. The topological polar surface area (TPSA) is 69.0 Å². The van der Waals surface area contributed by atoms with Gasteiger partial charge in [0.05, 0.1) is 5.56 Å². The minimum Gasteiger partial charge on any atom is -0.348 e. The van der Waals surface area contributed by atoms with Gasteiger partial charge in [-0.05, 0) is 68.2 Å². The Balaban J connectivity index is 1.37. The fourth-order valence-electron chi connectivity index (χ4n) is 3.68.